The third-order valence-electron chi connectivity index (χ3n) is 6.65. The summed E-state index contributed by atoms with van der Waals surface area (Å²) < 4.78 is 42.8. The zero-order valence-corrected chi connectivity index (χ0v) is 18.7. The number of aliphatic carboxylic acids is 1. The molecule has 0 aromatic carbocycles. The topological polar surface area (TPSA) is 83.2 Å². The van der Waals surface area contributed by atoms with E-state index in [1.807, 2.05) is 24.8 Å². The Morgan fingerprint density at radius 1 is 1.28 bits per heavy atom. The van der Waals surface area contributed by atoms with Crippen molar-refractivity contribution in [3.05, 3.63) is 23.2 Å². The first-order chi connectivity index (χ1) is 14.9. The molecule has 10 heteroatoms. The van der Waals surface area contributed by atoms with Crippen LogP contribution in [0.4, 0.5) is 13.2 Å². The van der Waals surface area contributed by atoms with E-state index in [1.165, 1.54) is 19.4 Å². The molecule has 3 aliphatic rings. The van der Waals surface area contributed by atoms with Gasteiger partial charge < -0.3 is 24.1 Å². The van der Waals surface area contributed by atoms with Crippen molar-refractivity contribution < 1.29 is 37.0 Å². The minimum Gasteiger partial charge on any atom is -0.475 e. The van der Waals surface area contributed by atoms with Gasteiger partial charge in [0.05, 0.1) is 12.2 Å². The minimum absolute atomic E-state index is 0.128. The average Bonchev–Trinajstić information content (AvgIpc) is 3.15. The number of halogens is 3. The molecule has 4 rings (SSSR count). The number of carboxylic acids is 1. The van der Waals surface area contributed by atoms with Crippen LogP contribution in [0.5, 0.6) is 0 Å². The highest BCUT2D eigenvalue weighted by atomic mass is 19.4. The molecule has 1 saturated carbocycles. The molecule has 1 aromatic heterocycles. The van der Waals surface area contributed by atoms with E-state index in [0.717, 1.165) is 62.2 Å². The molecule has 0 unspecified atom stereocenters. The maximum absolute atomic E-state index is 13.0. The van der Waals surface area contributed by atoms with E-state index < -0.39 is 12.1 Å². The van der Waals surface area contributed by atoms with Crippen LogP contribution in [-0.4, -0.2) is 79.4 Å². The summed E-state index contributed by atoms with van der Waals surface area (Å²) in [7, 11) is 1.80. The van der Waals surface area contributed by atoms with E-state index in [-0.39, 0.29) is 11.3 Å². The highest BCUT2D eigenvalue weighted by Crippen LogP contribution is 2.45. The van der Waals surface area contributed by atoms with Crippen LogP contribution in [0.25, 0.3) is 0 Å². The van der Waals surface area contributed by atoms with Crippen LogP contribution in [0, 0.1) is 31.1 Å². The molecule has 7 nitrogen and oxygen atoms in total. The zero-order chi connectivity index (χ0) is 23.7. The third-order valence-corrected chi connectivity index (χ3v) is 6.65. The number of hydrogen-bond acceptors (Lipinski definition) is 5. The Balaban J connectivity index is 0.000000360. The number of furan rings is 1. The molecule has 2 saturated heterocycles. The Morgan fingerprint density at radius 2 is 1.94 bits per heavy atom. The first kappa shape index (κ1) is 24.6. The SMILES string of the molecule is COC[C@@H]1CN(CC2CC2)C[C@@]12CCN(C(=O)c1cc(C)oc1C)C2.O=C(O)C(F)(F)F. The summed E-state index contributed by atoms with van der Waals surface area (Å²) in [6.45, 7) is 9.75. The van der Waals surface area contributed by atoms with E-state index in [9.17, 15) is 18.0 Å². The Morgan fingerprint density at radius 3 is 2.44 bits per heavy atom. The van der Waals surface area contributed by atoms with Crippen molar-refractivity contribution in [2.24, 2.45) is 17.3 Å². The van der Waals surface area contributed by atoms with Gasteiger partial charge in [0.1, 0.15) is 11.5 Å². The number of nitrogens with zero attached hydrogens (tertiary/aromatic N) is 2. The van der Waals surface area contributed by atoms with Gasteiger partial charge in [-0.15, -0.1) is 0 Å². The van der Waals surface area contributed by atoms with Crippen molar-refractivity contribution in [1.29, 1.82) is 0 Å². The summed E-state index contributed by atoms with van der Waals surface area (Å²) in [6.07, 6.45) is -1.21. The van der Waals surface area contributed by atoms with Crippen molar-refractivity contribution >= 4 is 11.9 Å². The number of hydrogen-bond donors (Lipinski definition) is 1. The van der Waals surface area contributed by atoms with Crippen molar-refractivity contribution in [3.8, 4) is 0 Å². The Kier molecular flexibility index (Phi) is 7.24. The van der Waals surface area contributed by atoms with Gasteiger partial charge >= 0.3 is 12.1 Å². The smallest absolute Gasteiger partial charge is 0.475 e. The fourth-order valence-electron chi connectivity index (χ4n) is 4.92. The van der Waals surface area contributed by atoms with Gasteiger partial charge in [0, 0.05) is 51.2 Å². The quantitative estimate of drug-likeness (QED) is 0.726. The highest BCUT2D eigenvalue weighted by molar-refractivity contribution is 5.95. The molecule has 1 aromatic rings. The summed E-state index contributed by atoms with van der Waals surface area (Å²) in [5, 5.41) is 7.12. The second-order valence-electron chi connectivity index (χ2n) is 9.26. The van der Waals surface area contributed by atoms with Crippen LogP contribution in [0.15, 0.2) is 10.5 Å². The van der Waals surface area contributed by atoms with Crippen LogP contribution in [0.2, 0.25) is 0 Å². The molecule has 0 radical (unpaired) electrons. The van der Waals surface area contributed by atoms with E-state index in [4.69, 9.17) is 19.1 Å². The van der Waals surface area contributed by atoms with Crippen molar-refractivity contribution in [2.45, 2.75) is 39.3 Å². The van der Waals surface area contributed by atoms with Crippen LogP contribution in [0.1, 0.15) is 41.1 Å². The first-order valence-corrected chi connectivity index (χ1v) is 10.8. The molecule has 180 valence electrons. The number of amides is 1. The third kappa shape index (κ3) is 5.64. The summed E-state index contributed by atoms with van der Waals surface area (Å²) in [5.74, 6) is 0.355. The maximum atomic E-state index is 13.0. The molecule has 2 aliphatic heterocycles. The van der Waals surface area contributed by atoms with Crippen LogP contribution >= 0.6 is 0 Å². The predicted octanol–water partition coefficient (Wildman–Crippen LogP) is 3.35. The second-order valence-corrected chi connectivity index (χ2v) is 9.26. The number of ether oxygens (including phenoxy) is 1. The standard InChI is InChI=1S/C20H30N2O3.C2HF3O2/c1-14-8-18(15(2)25-14)19(23)22-7-6-20(13-22)12-21(9-16-4-5-16)10-17(20)11-24-3;3-2(4,5)1(6)7/h8,16-17H,4-7,9-13H2,1-3H3;(H,6,7)/t17-,20+;/m0./s1. The Labute approximate surface area is 185 Å². The monoisotopic (exact) mass is 460 g/mol. The average molecular weight is 460 g/mol. The van der Waals surface area contributed by atoms with Gasteiger partial charge in [-0.1, -0.05) is 0 Å². The number of likely N-dealkylation sites (tertiary alicyclic amines) is 2. The number of aryl methyl sites for hydroxylation is 2. The van der Waals surface area contributed by atoms with E-state index >= 15 is 0 Å². The van der Waals surface area contributed by atoms with Gasteiger partial charge in [0.2, 0.25) is 0 Å². The lowest BCUT2D eigenvalue weighted by atomic mass is 9.77. The van der Waals surface area contributed by atoms with Crippen LogP contribution in [-0.2, 0) is 9.53 Å². The zero-order valence-electron chi connectivity index (χ0n) is 18.7. The minimum atomic E-state index is -5.08. The van der Waals surface area contributed by atoms with Gasteiger partial charge in [0.25, 0.3) is 5.91 Å². The molecule has 1 N–H and O–H groups in total. The number of alkyl halides is 3. The van der Waals surface area contributed by atoms with E-state index in [0.29, 0.717) is 5.92 Å². The van der Waals surface area contributed by atoms with Gasteiger partial charge in [-0.05, 0) is 45.1 Å². The lowest BCUT2D eigenvalue weighted by molar-refractivity contribution is -0.192. The number of carboxylic acid groups (broad SMARTS) is 1. The van der Waals surface area contributed by atoms with Crippen LogP contribution in [0.3, 0.4) is 0 Å². The largest absolute Gasteiger partial charge is 0.490 e. The van der Waals surface area contributed by atoms with Gasteiger partial charge in [-0.2, -0.15) is 13.2 Å². The maximum Gasteiger partial charge on any atom is 0.490 e. The lowest BCUT2D eigenvalue weighted by Gasteiger charge is -2.30. The molecule has 1 spiro atoms. The fourth-order valence-corrected chi connectivity index (χ4v) is 4.92. The van der Waals surface area contributed by atoms with E-state index in [1.54, 1.807) is 7.11 Å². The summed E-state index contributed by atoms with van der Waals surface area (Å²) in [6, 6.07) is 1.88. The normalized spacial score (nSPS) is 25.8. The number of carbonyl (C=O) groups excluding carboxylic acids is 1. The molecule has 3 fully saturated rings. The molecule has 3 heterocycles. The highest BCUT2D eigenvalue weighted by Gasteiger charge is 2.51. The predicted molar refractivity (Wildman–Crippen MR) is 109 cm³/mol. The molecular weight excluding hydrogens is 429 g/mol. The lowest BCUT2D eigenvalue weighted by Crippen LogP contribution is -2.38. The molecule has 32 heavy (non-hydrogen) atoms. The Bertz CT molecular complexity index is 836. The van der Waals surface area contributed by atoms with Gasteiger partial charge in [-0.25, -0.2) is 4.79 Å². The second kappa shape index (κ2) is 9.43. The molecule has 2 atom stereocenters. The number of carbonyl (C=O) groups is 2. The van der Waals surface area contributed by atoms with Gasteiger partial charge in [0.15, 0.2) is 0 Å². The van der Waals surface area contributed by atoms with Crippen molar-refractivity contribution in [3.63, 3.8) is 0 Å². The fraction of sp³-hybridized carbons (Fsp3) is 0.727. The molecule has 1 amide bonds. The Hall–Kier alpha value is -2.07. The first-order valence-electron chi connectivity index (χ1n) is 10.8. The van der Waals surface area contributed by atoms with Crippen LogP contribution < -0.4 is 0 Å². The molecule has 1 aliphatic carbocycles. The van der Waals surface area contributed by atoms with Crippen molar-refractivity contribution in [2.75, 3.05) is 46.4 Å². The van der Waals surface area contributed by atoms with Gasteiger partial charge in [-0.3, -0.25) is 4.79 Å². The molecule has 0 bridgehead atoms. The number of methoxy groups -OCH3 is 1. The summed E-state index contributed by atoms with van der Waals surface area (Å²) >= 11 is 0. The summed E-state index contributed by atoms with van der Waals surface area (Å²) in [5.41, 5.74) is 0.929. The number of rotatable bonds is 5. The van der Waals surface area contributed by atoms with Crippen molar-refractivity contribution in [1.82, 2.24) is 9.80 Å². The molecular formula is C22H31F3N2O5. The van der Waals surface area contributed by atoms with E-state index in [2.05, 4.69) is 4.90 Å². The summed E-state index contributed by atoms with van der Waals surface area (Å²) in [4.78, 5) is 26.5.